The van der Waals surface area contributed by atoms with E-state index in [1.807, 2.05) is 6.07 Å². The van der Waals surface area contributed by atoms with E-state index in [2.05, 4.69) is 4.98 Å². The molecule has 1 amide bonds. The van der Waals surface area contributed by atoms with Crippen molar-refractivity contribution in [2.75, 3.05) is 11.4 Å². The highest BCUT2D eigenvalue weighted by atomic mass is 19.1. The zero-order valence-electron chi connectivity index (χ0n) is 15.2. The number of aromatic nitrogens is 2. The van der Waals surface area contributed by atoms with Crippen molar-refractivity contribution in [1.29, 1.82) is 0 Å². The highest BCUT2D eigenvalue weighted by Crippen LogP contribution is 2.27. The minimum Gasteiger partial charge on any atom is -0.312 e. The van der Waals surface area contributed by atoms with Crippen molar-refractivity contribution in [3.8, 4) is 16.8 Å². The van der Waals surface area contributed by atoms with Crippen LogP contribution in [0.25, 0.3) is 16.8 Å². The molecule has 1 aliphatic rings. The lowest BCUT2D eigenvalue weighted by Crippen LogP contribution is -2.24. The lowest BCUT2D eigenvalue weighted by Gasteiger charge is -2.17. The number of amides is 1. The highest BCUT2D eigenvalue weighted by molar-refractivity contribution is 5.95. The van der Waals surface area contributed by atoms with Crippen LogP contribution in [-0.4, -0.2) is 22.0 Å². The predicted molar refractivity (Wildman–Crippen MR) is 102 cm³/mol. The third-order valence-corrected chi connectivity index (χ3v) is 4.83. The normalized spacial score (nSPS) is 14.0. The number of anilines is 1. The number of rotatable bonds is 3. The second-order valence-electron chi connectivity index (χ2n) is 6.72. The monoisotopic (exact) mass is 381 g/mol. The molecule has 0 saturated carbocycles. The van der Waals surface area contributed by atoms with Crippen LogP contribution < -0.4 is 10.5 Å². The zero-order chi connectivity index (χ0) is 19.8. The molecule has 0 N–H and O–H groups in total. The van der Waals surface area contributed by atoms with Gasteiger partial charge in [0.2, 0.25) is 17.8 Å². The fraction of sp³-hybridized carbons (Fsp3) is 0.190. The lowest BCUT2D eigenvalue weighted by molar-refractivity contribution is -0.117. The second-order valence-corrected chi connectivity index (χ2v) is 6.72. The zero-order valence-corrected chi connectivity index (χ0v) is 15.2. The van der Waals surface area contributed by atoms with Gasteiger partial charge in [-0.15, -0.1) is 0 Å². The van der Waals surface area contributed by atoms with E-state index in [-0.39, 0.29) is 17.0 Å². The Bertz CT molecular complexity index is 1120. The Morgan fingerprint density at radius 3 is 2.54 bits per heavy atom. The van der Waals surface area contributed by atoms with Crippen molar-refractivity contribution in [3.05, 3.63) is 76.5 Å². The first-order valence-electron chi connectivity index (χ1n) is 8.90. The molecule has 28 heavy (non-hydrogen) atoms. The molecule has 4 rings (SSSR count). The fourth-order valence-corrected chi connectivity index (χ4v) is 3.51. The topological polar surface area (TPSA) is 55.2 Å². The summed E-state index contributed by atoms with van der Waals surface area (Å²) in [6.07, 6.45) is 2.81. The van der Waals surface area contributed by atoms with E-state index in [0.717, 1.165) is 12.5 Å². The maximum atomic E-state index is 14.3. The van der Waals surface area contributed by atoms with Gasteiger partial charge >= 0.3 is 0 Å². The Morgan fingerprint density at radius 2 is 1.82 bits per heavy atom. The minimum absolute atomic E-state index is 0.0494. The number of carbonyl (C=O) groups excluding carboxylic acids is 1. The molecular weight excluding hydrogens is 364 g/mol. The molecule has 2 aromatic heterocycles. The van der Waals surface area contributed by atoms with E-state index in [1.54, 1.807) is 30.0 Å². The molecule has 0 bridgehead atoms. The van der Waals surface area contributed by atoms with Gasteiger partial charge in [-0.2, -0.15) is 13.8 Å². The molecule has 1 fully saturated rings. The predicted octanol–water partition coefficient (Wildman–Crippen LogP) is 3.61. The van der Waals surface area contributed by atoms with Gasteiger partial charge in [0.25, 0.3) is 5.56 Å². The third-order valence-electron chi connectivity index (χ3n) is 4.83. The van der Waals surface area contributed by atoms with Crippen LogP contribution in [0.4, 0.5) is 14.5 Å². The van der Waals surface area contributed by atoms with Crippen LogP contribution in [0, 0.1) is 18.8 Å². The van der Waals surface area contributed by atoms with Gasteiger partial charge in [0.15, 0.2) is 0 Å². The molecule has 1 aromatic carbocycles. The summed E-state index contributed by atoms with van der Waals surface area (Å²) in [5.74, 6) is -1.78. The molecular formula is C21H17F2N3O2. The Kier molecular flexibility index (Phi) is 4.50. The van der Waals surface area contributed by atoms with Gasteiger partial charge in [0.1, 0.15) is 0 Å². The Hall–Kier alpha value is -3.35. The average molecular weight is 381 g/mol. The van der Waals surface area contributed by atoms with Crippen molar-refractivity contribution < 1.29 is 13.6 Å². The van der Waals surface area contributed by atoms with E-state index >= 15 is 0 Å². The van der Waals surface area contributed by atoms with E-state index in [0.29, 0.717) is 35.5 Å². The standard InChI is InChI=1S/C21H17F2N3O2/c1-13-10-17(22)24-21(23)20(13)14-7-8-19(28)26(12-14)16-5-2-4-15(11-16)25-9-3-6-18(25)27/h2,4-5,7-8,10-12H,3,6,9H2,1H3. The Labute approximate surface area is 159 Å². The van der Waals surface area contributed by atoms with Gasteiger partial charge in [0.05, 0.1) is 5.69 Å². The van der Waals surface area contributed by atoms with E-state index in [1.165, 1.54) is 22.9 Å². The SMILES string of the molecule is Cc1cc(F)nc(F)c1-c1ccc(=O)n(-c2cccc(N3CCCC3=O)c2)c1. The molecule has 1 saturated heterocycles. The molecule has 3 aromatic rings. The number of benzene rings is 1. The van der Waals surface area contributed by atoms with E-state index < -0.39 is 11.9 Å². The lowest BCUT2D eigenvalue weighted by atomic mass is 10.0. The maximum Gasteiger partial charge on any atom is 0.255 e. The molecule has 0 atom stereocenters. The molecule has 3 heterocycles. The van der Waals surface area contributed by atoms with Crippen molar-refractivity contribution in [2.45, 2.75) is 19.8 Å². The number of hydrogen-bond donors (Lipinski definition) is 0. The van der Waals surface area contributed by atoms with Crippen LogP contribution in [0.5, 0.6) is 0 Å². The van der Waals surface area contributed by atoms with Crippen molar-refractivity contribution >= 4 is 11.6 Å². The molecule has 7 heteroatoms. The van der Waals surface area contributed by atoms with E-state index in [9.17, 15) is 18.4 Å². The van der Waals surface area contributed by atoms with Gasteiger partial charge < -0.3 is 4.90 Å². The number of hydrogen-bond acceptors (Lipinski definition) is 3. The first-order chi connectivity index (χ1) is 13.4. The number of halogens is 2. The van der Waals surface area contributed by atoms with Crippen LogP contribution in [0.2, 0.25) is 0 Å². The summed E-state index contributed by atoms with van der Waals surface area (Å²) in [5, 5.41) is 0. The first-order valence-corrected chi connectivity index (χ1v) is 8.90. The van der Waals surface area contributed by atoms with Gasteiger partial charge in [-0.25, -0.2) is 0 Å². The van der Waals surface area contributed by atoms with Crippen LogP contribution >= 0.6 is 0 Å². The minimum atomic E-state index is -0.931. The first kappa shape index (κ1) is 18.0. The molecule has 5 nitrogen and oxygen atoms in total. The van der Waals surface area contributed by atoms with Crippen LogP contribution in [0.15, 0.2) is 53.5 Å². The van der Waals surface area contributed by atoms with Crippen LogP contribution in [-0.2, 0) is 4.79 Å². The fourth-order valence-electron chi connectivity index (χ4n) is 3.51. The smallest absolute Gasteiger partial charge is 0.255 e. The molecule has 1 aliphatic heterocycles. The van der Waals surface area contributed by atoms with Crippen LogP contribution in [0.3, 0.4) is 0 Å². The Morgan fingerprint density at radius 1 is 1.04 bits per heavy atom. The number of aryl methyl sites for hydroxylation is 1. The molecule has 0 unspecified atom stereocenters. The summed E-state index contributed by atoms with van der Waals surface area (Å²) in [5.41, 5.74) is 1.89. The summed E-state index contributed by atoms with van der Waals surface area (Å²) in [6.45, 7) is 2.22. The molecule has 0 radical (unpaired) electrons. The molecule has 142 valence electrons. The van der Waals surface area contributed by atoms with Crippen molar-refractivity contribution in [3.63, 3.8) is 0 Å². The quantitative estimate of drug-likeness (QED) is 0.652. The van der Waals surface area contributed by atoms with Gasteiger partial charge in [-0.1, -0.05) is 6.07 Å². The van der Waals surface area contributed by atoms with Gasteiger partial charge in [-0.3, -0.25) is 14.2 Å². The largest absolute Gasteiger partial charge is 0.312 e. The summed E-state index contributed by atoms with van der Waals surface area (Å²) in [7, 11) is 0. The highest BCUT2D eigenvalue weighted by Gasteiger charge is 2.22. The number of nitrogens with zero attached hydrogens (tertiary/aromatic N) is 3. The van der Waals surface area contributed by atoms with Crippen molar-refractivity contribution in [2.24, 2.45) is 0 Å². The number of carbonyl (C=O) groups is 1. The summed E-state index contributed by atoms with van der Waals surface area (Å²) in [6, 6.07) is 11.0. The summed E-state index contributed by atoms with van der Waals surface area (Å²) < 4.78 is 29.0. The van der Waals surface area contributed by atoms with Crippen LogP contribution in [0.1, 0.15) is 18.4 Å². The molecule has 0 spiro atoms. The van der Waals surface area contributed by atoms with E-state index in [4.69, 9.17) is 0 Å². The third kappa shape index (κ3) is 3.19. The average Bonchev–Trinajstić information content (AvgIpc) is 3.08. The van der Waals surface area contributed by atoms with Gasteiger partial charge in [0, 0.05) is 42.0 Å². The Balaban J connectivity index is 1.81. The summed E-state index contributed by atoms with van der Waals surface area (Å²) >= 11 is 0. The maximum absolute atomic E-state index is 14.3. The van der Waals surface area contributed by atoms with Crippen molar-refractivity contribution in [1.82, 2.24) is 9.55 Å². The molecule has 0 aliphatic carbocycles. The second kappa shape index (κ2) is 6.99. The number of pyridine rings is 2. The summed E-state index contributed by atoms with van der Waals surface area (Å²) in [4.78, 5) is 29.4. The van der Waals surface area contributed by atoms with Gasteiger partial charge in [-0.05, 0) is 49.2 Å².